The van der Waals surface area contributed by atoms with Crippen LogP contribution in [0.25, 0.3) is 0 Å². The maximum atomic E-state index is 6.25. The average Bonchev–Trinajstić information content (AvgIpc) is 1.00. The van der Waals surface area contributed by atoms with E-state index in [9.17, 15) is 0 Å². The fourth-order valence-electron chi connectivity index (χ4n) is 0. The molecule has 3 heteroatoms. The minimum absolute atomic E-state index is 0. The van der Waals surface area contributed by atoms with E-state index in [0.717, 1.165) is 0 Å². The molecule has 0 aliphatic carbocycles. The summed E-state index contributed by atoms with van der Waals surface area (Å²) in [6.07, 6.45) is 0. The molecular weight excluding hydrogens is 131 g/mol. The fourth-order valence-corrected chi connectivity index (χ4v) is 0. The Bertz CT molecular complexity index is 12.8. The van der Waals surface area contributed by atoms with Crippen molar-refractivity contribution in [2.24, 2.45) is 0 Å². The molecule has 4 heavy (non-hydrogen) atoms. The van der Waals surface area contributed by atoms with Gasteiger partial charge in [0.25, 0.3) is 0 Å². The van der Waals surface area contributed by atoms with Crippen LogP contribution in [0.1, 0.15) is 0 Å². The van der Waals surface area contributed by atoms with E-state index in [0.29, 0.717) is 0 Å². The van der Waals surface area contributed by atoms with Crippen LogP contribution in [0, 0.1) is 11.8 Å². The Balaban J connectivity index is -0.00000000500. The summed E-state index contributed by atoms with van der Waals surface area (Å²) in [5, 5.41) is 6.25. The molecule has 0 bridgehead atoms. The number of rotatable bonds is 0. The van der Waals surface area contributed by atoms with Crippen molar-refractivity contribution in [2.75, 3.05) is 0 Å². The van der Waals surface area contributed by atoms with Crippen LogP contribution >= 0.6 is 0 Å². The molecule has 0 fully saturated rings. The van der Waals surface area contributed by atoms with E-state index < -0.39 is 0 Å². The third kappa shape index (κ3) is 9.26. The van der Waals surface area contributed by atoms with Gasteiger partial charge in [-0.2, -0.15) is 0 Å². The summed E-state index contributed by atoms with van der Waals surface area (Å²) in [6, 6.07) is 0. The first kappa shape index (κ1) is 17.2. The molecule has 1 radical (unpaired) electrons. The third-order valence-corrected chi connectivity index (χ3v) is 0. The van der Waals surface area contributed by atoms with Crippen LogP contribution in [0.15, 0.2) is 0 Å². The largest absolute Gasteiger partial charge is 0.512 e. The van der Waals surface area contributed by atoms with Gasteiger partial charge >= 0.3 is 0 Å². The molecule has 0 N–H and O–H groups in total. The molecule has 1 nitrogen and oxygen atoms in total. The van der Waals surface area contributed by atoms with E-state index in [4.69, 9.17) is 11.8 Å². The van der Waals surface area contributed by atoms with Crippen molar-refractivity contribution in [1.29, 1.82) is 5.26 Å². The van der Waals surface area contributed by atoms with Gasteiger partial charge in [0, 0.05) is 70.9 Å². The first-order valence-electron chi connectivity index (χ1n) is 0.224. The SMILES string of the molecule is [C-]#N.[K].[Zn]. The van der Waals surface area contributed by atoms with Gasteiger partial charge in [0.2, 0.25) is 0 Å². The van der Waals surface area contributed by atoms with E-state index in [-0.39, 0.29) is 70.9 Å². The summed E-state index contributed by atoms with van der Waals surface area (Å²) in [5.74, 6) is 0. The standard InChI is InChI=1S/CN.K.Zn/c1-2;;/q-1;;. The van der Waals surface area contributed by atoms with Crippen molar-refractivity contribution < 1.29 is 19.5 Å². The molecule has 0 unspecified atom stereocenters. The molecule has 0 aromatic carbocycles. The number of hydrogen-bond donors (Lipinski definition) is 0. The number of nitrogens with zero attached hydrogens (tertiary/aromatic N) is 1. The first-order valence-corrected chi connectivity index (χ1v) is 0.224. The molecular formula is CKNZn-. The second-order valence-corrected chi connectivity index (χ2v) is 0. The predicted molar refractivity (Wildman–Crippen MR) is 10.7 cm³/mol. The monoisotopic (exact) mass is 129 g/mol. The number of hydrogen-bond acceptors (Lipinski definition) is 1. The second kappa shape index (κ2) is 21.8. The summed E-state index contributed by atoms with van der Waals surface area (Å²) in [7, 11) is 0. The van der Waals surface area contributed by atoms with E-state index in [1.165, 1.54) is 0 Å². The Morgan fingerprint density at radius 2 is 1.25 bits per heavy atom. The van der Waals surface area contributed by atoms with Crippen LogP contribution in [-0.4, -0.2) is 51.4 Å². The van der Waals surface area contributed by atoms with Crippen molar-refractivity contribution >= 4 is 51.4 Å². The van der Waals surface area contributed by atoms with Gasteiger partial charge in [0.1, 0.15) is 0 Å². The van der Waals surface area contributed by atoms with Crippen molar-refractivity contribution in [3.05, 3.63) is 6.57 Å². The van der Waals surface area contributed by atoms with Crippen LogP contribution in [0.2, 0.25) is 0 Å². The van der Waals surface area contributed by atoms with Gasteiger partial charge in [0.05, 0.1) is 0 Å². The molecule has 0 aliphatic rings. The molecule has 0 saturated heterocycles. The normalized spacial score (nSPS) is 0.500. The zero-order valence-corrected chi connectivity index (χ0v) is 8.74. The molecule has 0 aromatic heterocycles. The van der Waals surface area contributed by atoms with Gasteiger partial charge in [-0.1, -0.05) is 0 Å². The molecule has 0 saturated carbocycles. The Labute approximate surface area is 80.9 Å². The first-order chi connectivity index (χ1) is 1.00. The average molecular weight is 131 g/mol. The van der Waals surface area contributed by atoms with Crippen molar-refractivity contribution in [3.8, 4) is 0 Å². The Kier molecular flexibility index (Phi) is 93.6. The zero-order chi connectivity index (χ0) is 2.00. The quantitative estimate of drug-likeness (QED) is 0.327. The van der Waals surface area contributed by atoms with Crippen LogP contribution in [-0.2, 0) is 19.5 Å². The molecule has 0 atom stereocenters. The van der Waals surface area contributed by atoms with Gasteiger partial charge in [0.15, 0.2) is 0 Å². The molecule has 13 valence electrons. The van der Waals surface area contributed by atoms with Crippen molar-refractivity contribution in [2.45, 2.75) is 0 Å². The van der Waals surface area contributed by atoms with E-state index in [1.54, 1.807) is 0 Å². The Hall–Kier alpha value is 1.75. The predicted octanol–water partition coefficient (Wildman–Crippen LogP) is -0.287. The molecule has 0 heterocycles. The Morgan fingerprint density at radius 1 is 1.25 bits per heavy atom. The molecule has 0 rings (SSSR count). The van der Waals surface area contributed by atoms with Crippen LogP contribution in [0.5, 0.6) is 0 Å². The fraction of sp³-hybridized carbons (Fsp3) is 0. The van der Waals surface area contributed by atoms with Gasteiger partial charge in [-0.25, -0.2) is 0 Å². The minimum Gasteiger partial charge on any atom is -0.512 e. The van der Waals surface area contributed by atoms with Crippen molar-refractivity contribution in [1.82, 2.24) is 0 Å². The van der Waals surface area contributed by atoms with E-state index >= 15 is 0 Å². The van der Waals surface area contributed by atoms with E-state index in [1.807, 2.05) is 0 Å². The Morgan fingerprint density at radius 3 is 1.25 bits per heavy atom. The minimum atomic E-state index is 0. The second-order valence-electron chi connectivity index (χ2n) is 0. The summed E-state index contributed by atoms with van der Waals surface area (Å²) in [6.45, 7) is 4.75. The molecule has 0 aliphatic heterocycles. The smallest absolute Gasteiger partial charge is 0 e. The van der Waals surface area contributed by atoms with Crippen LogP contribution in [0.4, 0.5) is 0 Å². The topological polar surface area (TPSA) is 23.8 Å². The van der Waals surface area contributed by atoms with Gasteiger partial charge in [-0.15, -0.1) is 0 Å². The summed E-state index contributed by atoms with van der Waals surface area (Å²) in [4.78, 5) is 0. The van der Waals surface area contributed by atoms with Crippen molar-refractivity contribution in [3.63, 3.8) is 0 Å². The third-order valence-electron chi connectivity index (χ3n) is 0. The molecule has 0 amide bonds. The maximum Gasteiger partial charge on any atom is 0 e. The van der Waals surface area contributed by atoms with Crippen LogP contribution in [0.3, 0.4) is 0 Å². The molecule has 0 aromatic rings. The molecule has 0 spiro atoms. The van der Waals surface area contributed by atoms with Gasteiger partial charge in [-0.05, 0) is 0 Å². The maximum absolute atomic E-state index is 6.25. The summed E-state index contributed by atoms with van der Waals surface area (Å²) in [5.41, 5.74) is 0. The summed E-state index contributed by atoms with van der Waals surface area (Å²) >= 11 is 0. The summed E-state index contributed by atoms with van der Waals surface area (Å²) < 4.78 is 0. The zero-order valence-electron chi connectivity index (χ0n) is 2.65. The van der Waals surface area contributed by atoms with E-state index in [2.05, 4.69) is 0 Å². The van der Waals surface area contributed by atoms with Gasteiger partial charge in [-0.3, -0.25) is 0 Å². The van der Waals surface area contributed by atoms with Gasteiger partial charge < -0.3 is 11.8 Å². The van der Waals surface area contributed by atoms with Crippen LogP contribution < -0.4 is 0 Å².